The third-order valence-corrected chi connectivity index (χ3v) is 4.07. The van der Waals surface area contributed by atoms with E-state index < -0.39 is 0 Å². The van der Waals surface area contributed by atoms with E-state index in [4.69, 9.17) is 9.84 Å². The van der Waals surface area contributed by atoms with Gasteiger partial charge >= 0.3 is 0 Å². The summed E-state index contributed by atoms with van der Waals surface area (Å²) in [5.74, 6) is 1.54. The van der Waals surface area contributed by atoms with Crippen LogP contribution in [-0.4, -0.2) is 52.8 Å². The van der Waals surface area contributed by atoms with Gasteiger partial charge in [0.25, 0.3) is 0 Å². The molecule has 0 aliphatic carbocycles. The van der Waals surface area contributed by atoms with Gasteiger partial charge in [0.2, 0.25) is 0 Å². The predicted octanol–water partition coefficient (Wildman–Crippen LogP) is 1.76. The van der Waals surface area contributed by atoms with Gasteiger partial charge in [-0.25, -0.2) is 9.97 Å². The van der Waals surface area contributed by atoms with Crippen LogP contribution >= 0.6 is 0 Å². The van der Waals surface area contributed by atoms with Crippen LogP contribution in [0.25, 0.3) is 0 Å². The molecule has 128 valence electrons. The maximum Gasteiger partial charge on any atom is 0.130 e. The Kier molecular flexibility index (Phi) is 5.74. The molecule has 6 nitrogen and oxygen atoms in total. The van der Waals surface area contributed by atoms with Crippen molar-refractivity contribution in [3.63, 3.8) is 0 Å². The number of nitrogens with zero attached hydrogens (tertiary/aromatic N) is 3. The summed E-state index contributed by atoms with van der Waals surface area (Å²) in [6, 6.07) is 12.2. The number of ether oxygens (including phenoxy) is 1. The first kappa shape index (κ1) is 16.8. The van der Waals surface area contributed by atoms with Crippen LogP contribution in [0.15, 0.2) is 36.4 Å². The van der Waals surface area contributed by atoms with E-state index in [1.54, 1.807) is 0 Å². The molecule has 0 radical (unpaired) electrons. The van der Waals surface area contributed by atoms with E-state index in [-0.39, 0.29) is 12.7 Å². The molecule has 1 saturated heterocycles. The van der Waals surface area contributed by atoms with Crippen LogP contribution in [0.2, 0.25) is 0 Å². The minimum absolute atomic E-state index is 0.0794. The van der Waals surface area contributed by atoms with Crippen molar-refractivity contribution in [1.82, 2.24) is 14.9 Å². The smallest absolute Gasteiger partial charge is 0.130 e. The number of morpholine rings is 1. The quantitative estimate of drug-likeness (QED) is 0.842. The van der Waals surface area contributed by atoms with Crippen LogP contribution in [-0.2, 0) is 11.3 Å². The van der Waals surface area contributed by atoms with Gasteiger partial charge in [-0.3, -0.25) is 4.90 Å². The molecule has 1 fully saturated rings. The molecule has 0 amide bonds. The van der Waals surface area contributed by atoms with Crippen molar-refractivity contribution in [2.24, 2.45) is 0 Å². The Morgan fingerprint density at radius 3 is 2.92 bits per heavy atom. The average Bonchev–Trinajstić information content (AvgIpc) is 2.61. The number of rotatable bonds is 6. The van der Waals surface area contributed by atoms with E-state index in [2.05, 4.69) is 32.3 Å². The second-order valence-electron chi connectivity index (χ2n) is 5.95. The molecule has 1 aliphatic heterocycles. The summed E-state index contributed by atoms with van der Waals surface area (Å²) >= 11 is 0. The molecule has 2 heterocycles. The third-order valence-electron chi connectivity index (χ3n) is 4.07. The van der Waals surface area contributed by atoms with Gasteiger partial charge in [-0.1, -0.05) is 30.3 Å². The molecular formula is C18H24N4O2. The molecule has 2 N–H and O–H groups in total. The van der Waals surface area contributed by atoms with Crippen LogP contribution in [0.4, 0.5) is 5.82 Å². The van der Waals surface area contributed by atoms with Crippen molar-refractivity contribution < 1.29 is 9.84 Å². The lowest BCUT2D eigenvalue weighted by atomic mass is 10.2. The van der Waals surface area contributed by atoms with E-state index >= 15 is 0 Å². The van der Waals surface area contributed by atoms with Gasteiger partial charge in [-0.15, -0.1) is 0 Å². The van der Waals surface area contributed by atoms with E-state index in [1.807, 2.05) is 31.2 Å². The fourth-order valence-electron chi connectivity index (χ4n) is 2.86. The van der Waals surface area contributed by atoms with Crippen LogP contribution < -0.4 is 5.32 Å². The number of aromatic nitrogens is 2. The van der Waals surface area contributed by atoms with E-state index in [0.29, 0.717) is 13.2 Å². The molecule has 6 heteroatoms. The Bertz CT molecular complexity index is 649. The number of anilines is 1. The minimum atomic E-state index is -0.0794. The normalized spacial score (nSPS) is 18.5. The molecule has 1 aromatic carbocycles. The van der Waals surface area contributed by atoms with Gasteiger partial charge < -0.3 is 15.2 Å². The highest BCUT2D eigenvalue weighted by Crippen LogP contribution is 2.22. The molecule has 0 unspecified atom stereocenters. The van der Waals surface area contributed by atoms with Gasteiger partial charge in [-0.05, 0) is 12.5 Å². The van der Waals surface area contributed by atoms with Crippen LogP contribution in [0.1, 0.15) is 23.2 Å². The van der Waals surface area contributed by atoms with Crippen molar-refractivity contribution in [1.29, 1.82) is 0 Å². The van der Waals surface area contributed by atoms with Crippen LogP contribution in [0.5, 0.6) is 0 Å². The minimum Gasteiger partial charge on any atom is -0.395 e. The first-order chi connectivity index (χ1) is 11.7. The molecule has 1 atom stereocenters. The zero-order valence-corrected chi connectivity index (χ0v) is 14.0. The fourth-order valence-corrected chi connectivity index (χ4v) is 2.86. The molecule has 3 rings (SSSR count). The van der Waals surface area contributed by atoms with Crippen molar-refractivity contribution in [2.75, 3.05) is 38.2 Å². The fraction of sp³-hybridized carbons (Fsp3) is 0.444. The lowest BCUT2D eigenvalue weighted by Gasteiger charge is -2.32. The largest absolute Gasteiger partial charge is 0.395 e. The molecule has 24 heavy (non-hydrogen) atoms. The number of β-amino-alcohol motifs (C(OH)–C–C–N with tert-alkyl or cyclic N) is 1. The van der Waals surface area contributed by atoms with Crippen LogP contribution in [0.3, 0.4) is 0 Å². The van der Waals surface area contributed by atoms with Gasteiger partial charge in [0, 0.05) is 32.2 Å². The zero-order valence-electron chi connectivity index (χ0n) is 14.0. The Labute approximate surface area is 142 Å². The van der Waals surface area contributed by atoms with Gasteiger partial charge in [0.05, 0.1) is 18.9 Å². The summed E-state index contributed by atoms with van der Waals surface area (Å²) in [6.45, 7) is 5.70. The molecule has 1 aromatic heterocycles. The average molecular weight is 328 g/mol. The maximum absolute atomic E-state index is 9.12. The number of nitrogens with one attached hydrogen (secondary N) is 1. The monoisotopic (exact) mass is 328 g/mol. The Morgan fingerprint density at radius 2 is 2.12 bits per heavy atom. The van der Waals surface area contributed by atoms with Gasteiger partial charge in [0.15, 0.2) is 0 Å². The molecule has 0 bridgehead atoms. The number of aliphatic hydroxyl groups excluding tert-OH is 1. The summed E-state index contributed by atoms with van der Waals surface area (Å²) in [4.78, 5) is 11.2. The molecule has 2 aromatic rings. The standard InChI is InChI=1S/C18H24N4O2/c1-14-20-16(17-13-22(7-9-23)8-10-24-17)11-18(21-14)19-12-15-5-3-2-4-6-15/h2-6,11,17,23H,7-10,12-13H2,1H3,(H,19,20,21)/t17-/m0/s1. The summed E-state index contributed by atoms with van der Waals surface area (Å²) < 4.78 is 5.87. The van der Waals surface area contributed by atoms with Crippen molar-refractivity contribution >= 4 is 5.82 Å². The third kappa shape index (κ3) is 4.50. The first-order valence-corrected chi connectivity index (χ1v) is 8.33. The van der Waals surface area contributed by atoms with Crippen molar-refractivity contribution in [2.45, 2.75) is 19.6 Å². The highest BCUT2D eigenvalue weighted by atomic mass is 16.5. The van der Waals surface area contributed by atoms with Crippen LogP contribution in [0, 0.1) is 6.92 Å². The van der Waals surface area contributed by atoms with E-state index in [9.17, 15) is 0 Å². The predicted molar refractivity (Wildman–Crippen MR) is 92.8 cm³/mol. The zero-order chi connectivity index (χ0) is 16.8. The van der Waals surface area contributed by atoms with Gasteiger partial charge in [-0.2, -0.15) is 0 Å². The lowest BCUT2D eigenvalue weighted by Crippen LogP contribution is -2.40. The molecule has 1 aliphatic rings. The second-order valence-corrected chi connectivity index (χ2v) is 5.95. The lowest BCUT2D eigenvalue weighted by molar-refractivity contribution is -0.0358. The molecule has 0 saturated carbocycles. The Balaban J connectivity index is 1.69. The molecule has 0 spiro atoms. The first-order valence-electron chi connectivity index (χ1n) is 8.33. The van der Waals surface area contributed by atoms with Gasteiger partial charge in [0.1, 0.15) is 17.7 Å². The van der Waals surface area contributed by atoms with Crippen molar-refractivity contribution in [3.05, 3.63) is 53.5 Å². The SMILES string of the molecule is Cc1nc(NCc2ccccc2)cc([C@@H]2CN(CCO)CCO2)n1. The molecular weight excluding hydrogens is 304 g/mol. The number of hydrogen-bond donors (Lipinski definition) is 2. The highest BCUT2D eigenvalue weighted by molar-refractivity contribution is 5.38. The van der Waals surface area contributed by atoms with E-state index in [0.717, 1.165) is 37.0 Å². The van der Waals surface area contributed by atoms with Crippen molar-refractivity contribution in [3.8, 4) is 0 Å². The number of hydrogen-bond acceptors (Lipinski definition) is 6. The Hall–Kier alpha value is -2.02. The summed E-state index contributed by atoms with van der Waals surface area (Å²) in [5, 5.41) is 12.5. The number of aliphatic hydroxyl groups is 1. The maximum atomic E-state index is 9.12. The number of benzene rings is 1. The Morgan fingerprint density at radius 1 is 1.29 bits per heavy atom. The number of aryl methyl sites for hydroxylation is 1. The second kappa shape index (κ2) is 8.19. The summed E-state index contributed by atoms with van der Waals surface area (Å²) in [6.07, 6.45) is -0.0794. The summed E-state index contributed by atoms with van der Waals surface area (Å²) in [5.41, 5.74) is 2.10. The topological polar surface area (TPSA) is 70.5 Å². The highest BCUT2D eigenvalue weighted by Gasteiger charge is 2.23. The summed E-state index contributed by atoms with van der Waals surface area (Å²) in [7, 11) is 0. The van der Waals surface area contributed by atoms with E-state index in [1.165, 1.54) is 5.56 Å².